The lowest BCUT2D eigenvalue weighted by Gasteiger charge is -2.38. The summed E-state index contributed by atoms with van der Waals surface area (Å²) >= 11 is 0. The summed E-state index contributed by atoms with van der Waals surface area (Å²) in [4.78, 5) is 6.79. The minimum atomic E-state index is 0.517. The molecule has 1 rings (SSSR count). The molecule has 3 N–H and O–H groups in total. The fraction of sp³-hybridized carbons (Fsp3) is 0.917. The maximum Gasteiger partial charge on any atom is 0.208 e. The van der Waals surface area contributed by atoms with Gasteiger partial charge < -0.3 is 9.64 Å². The first-order valence-corrected chi connectivity index (χ1v) is 6.45. The van der Waals surface area contributed by atoms with Gasteiger partial charge in [0.15, 0.2) is 0 Å². The highest BCUT2D eigenvalue weighted by Crippen LogP contribution is 2.21. The second-order valence-corrected chi connectivity index (χ2v) is 4.88. The van der Waals surface area contributed by atoms with Gasteiger partial charge >= 0.3 is 0 Å². The van der Waals surface area contributed by atoms with E-state index in [0.717, 1.165) is 32.1 Å². The van der Waals surface area contributed by atoms with Crippen molar-refractivity contribution in [1.29, 1.82) is 0 Å². The Hall–Kier alpha value is -0.810. The van der Waals surface area contributed by atoms with E-state index < -0.39 is 0 Å². The number of ether oxygens (including phenoxy) is 1. The maximum absolute atomic E-state index is 5.57. The molecule has 0 amide bonds. The summed E-state index contributed by atoms with van der Waals surface area (Å²) < 4.78 is 5.01. The summed E-state index contributed by atoms with van der Waals surface area (Å²) in [6.07, 6.45) is 3.43. The largest absolute Gasteiger partial charge is 0.385 e. The summed E-state index contributed by atoms with van der Waals surface area (Å²) in [5, 5.41) is 0. The van der Waals surface area contributed by atoms with Crippen LogP contribution in [0.1, 0.15) is 33.1 Å². The van der Waals surface area contributed by atoms with Crippen molar-refractivity contribution in [3.8, 4) is 0 Å². The van der Waals surface area contributed by atoms with Crippen LogP contribution in [-0.2, 0) is 4.74 Å². The minimum absolute atomic E-state index is 0.517. The molecule has 0 aromatic heterocycles. The SMILES string of the molecule is COCCCN=C(NN)N1CC(C)CCC1C. The molecule has 1 aliphatic rings. The first-order valence-electron chi connectivity index (χ1n) is 6.45. The van der Waals surface area contributed by atoms with Crippen LogP contribution in [-0.4, -0.2) is 43.7 Å². The first kappa shape index (κ1) is 14.3. The number of rotatable bonds is 4. The van der Waals surface area contributed by atoms with Crippen LogP contribution in [0.25, 0.3) is 0 Å². The lowest BCUT2D eigenvalue weighted by molar-refractivity contribution is 0.194. The Labute approximate surface area is 104 Å². The summed E-state index contributed by atoms with van der Waals surface area (Å²) in [5.41, 5.74) is 2.73. The van der Waals surface area contributed by atoms with E-state index in [0.29, 0.717) is 12.0 Å². The van der Waals surface area contributed by atoms with Gasteiger partial charge in [0.1, 0.15) is 0 Å². The molecule has 100 valence electrons. The van der Waals surface area contributed by atoms with Gasteiger partial charge in [0.05, 0.1) is 0 Å². The molecule has 0 radical (unpaired) electrons. The average molecular weight is 242 g/mol. The normalized spacial score (nSPS) is 26.1. The quantitative estimate of drug-likeness (QED) is 0.253. The molecule has 17 heavy (non-hydrogen) atoms. The third-order valence-corrected chi connectivity index (χ3v) is 3.29. The Kier molecular flexibility index (Phi) is 6.29. The van der Waals surface area contributed by atoms with E-state index in [9.17, 15) is 0 Å². The Morgan fingerprint density at radius 3 is 2.88 bits per heavy atom. The average Bonchev–Trinajstić information content (AvgIpc) is 2.33. The van der Waals surface area contributed by atoms with Gasteiger partial charge in [0.25, 0.3) is 0 Å². The topological polar surface area (TPSA) is 62.9 Å². The van der Waals surface area contributed by atoms with Crippen LogP contribution in [0.3, 0.4) is 0 Å². The first-order chi connectivity index (χ1) is 8.19. The van der Waals surface area contributed by atoms with Crippen molar-refractivity contribution in [2.24, 2.45) is 16.8 Å². The second-order valence-electron chi connectivity index (χ2n) is 4.88. The smallest absolute Gasteiger partial charge is 0.208 e. The molecule has 0 aromatic carbocycles. The van der Waals surface area contributed by atoms with Gasteiger partial charge in [-0.1, -0.05) is 6.92 Å². The molecule has 5 heteroatoms. The molecule has 1 saturated heterocycles. The fourth-order valence-electron chi connectivity index (χ4n) is 2.20. The van der Waals surface area contributed by atoms with Gasteiger partial charge in [-0.25, -0.2) is 5.84 Å². The molecule has 2 atom stereocenters. The van der Waals surface area contributed by atoms with Crippen LogP contribution >= 0.6 is 0 Å². The number of nitrogens with two attached hydrogens (primary N) is 1. The Balaban J connectivity index is 2.52. The van der Waals surface area contributed by atoms with Gasteiger partial charge in [-0.2, -0.15) is 0 Å². The van der Waals surface area contributed by atoms with Crippen molar-refractivity contribution >= 4 is 5.96 Å². The summed E-state index contributed by atoms with van der Waals surface area (Å²) in [6, 6.07) is 0.517. The van der Waals surface area contributed by atoms with Crippen molar-refractivity contribution in [2.45, 2.75) is 39.2 Å². The molecule has 1 aliphatic heterocycles. The van der Waals surface area contributed by atoms with Gasteiger partial charge in [-0.05, 0) is 32.1 Å². The predicted molar refractivity (Wildman–Crippen MR) is 70.7 cm³/mol. The molecular weight excluding hydrogens is 216 g/mol. The van der Waals surface area contributed by atoms with Gasteiger partial charge in [0.2, 0.25) is 5.96 Å². The van der Waals surface area contributed by atoms with Crippen LogP contribution in [0.2, 0.25) is 0 Å². The number of hydrazine groups is 1. The molecule has 0 spiro atoms. The number of piperidine rings is 1. The van der Waals surface area contributed by atoms with Crippen molar-refractivity contribution in [1.82, 2.24) is 10.3 Å². The van der Waals surface area contributed by atoms with Crippen LogP contribution < -0.4 is 11.3 Å². The third kappa shape index (κ3) is 4.52. The fourth-order valence-corrected chi connectivity index (χ4v) is 2.20. The number of guanidine groups is 1. The van der Waals surface area contributed by atoms with Crippen LogP contribution in [0.4, 0.5) is 0 Å². The molecule has 0 aliphatic carbocycles. The zero-order valence-electron chi connectivity index (χ0n) is 11.3. The zero-order valence-corrected chi connectivity index (χ0v) is 11.3. The number of aliphatic imine (C=N–C) groups is 1. The standard InChI is InChI=1S/C12H26N4O/c1-10-5-6-11(2)16(9-10)12(15-13)14-7-4-8-17-3/h10-11H,4-9,13H2,1-3H3,(H,14,15). The lowest BCUT2D eigenvalue weighted by atomic mass is 9.95. The molecule has 5 nitrogen and oxygen atoms in total. The Morgan fingerprint density at radius 1 is 1.47 bits per heavy atom. The summed E-state index contributed by atoms with van der Waals surface area (Å²) in [7, 11) is 1.71. The summed E-state index contributed by atoms with van der Waals surface area (Å²) in [5.74, 6) is 7.10. The molecule has 2 unspecified atom stereocenters. The molecule has 1 fully saturated rings. The van der Waals surface area contributed by atoms with E-state index in [2.05, 4.69) is 29.2 Å². The number of hydrogen-bond acceptors (Lipinski definition) is 3. The van der Waals surface area contributed by atoms with E-state index >= 15 is 0 Å². The highest BCUT2D eigenvalue weighted by molar-refractivity contribution is 5.79. The van der Waals surface area contributed by atoms with Crippen molar-refractivity contribution in [3.63, 3.8) is 0 Å². The van der Waals surface area contributed by atoms with Crippen LogP contribution in [0, 0.1) is 5.92 Å². The second kappa shape index (κ2) is 7.50. The minimum Gasteiger partial charge on any atom is -0.385 e. The maximum atomic E-state index is 5.57. The Morgan fingerprint density at radius 2 is 2.24 bits per heavy atom. The van der Waals surface area contributed by atoms with E-state index in [1.807, 2.05) is 0 Å². The molecule has 1 heterocycles. The Bertz CT molecular complexity index is 245. The van der Waals surface area contributed by atoms with Gasteiger partial charge in [0, 0.05) is 32.8 Å². The van der Waals surface area contributed by atoms with E-state index in [1.54, 1.807) is 7.11 Å². The number of methoxy groups -OCH3 is 1. The van der Waals surface area contributed by atoms with Crippen LogP contribution in [0.15, 0.2) is 4.99 Å². The molecular formula is C12H26N4O. The monoisotopic (exact) mass is 242 g/mol. The van der Waals surface area contributed by atoms with E-state index in [4.69, 9.17) is 10.6 Å². The zero-order chi connectivity index (χ0) is 12.7. The lowest BCUT2D eigenvalue weighted by Crippen LogP contribution is -2.52. The predicted octanol–water partition coefficient (Wildman–Crippen LogP) is 0.963. The van der Waals surface area contributed by atoms with Crippen molar-refractivity contribution < 1.29 is 4.74 Å². The molecule has 0 bridgehead atoms. The van der Waals surface area contributed by atoms with Crippen LogP contribution in [0.5, 0.6) is 0 Å². The third-order valence-electron chi connectivity index (χ3n) is 3.29. The van der Waals surface area contributed by atoms with Gasteiger partial charge in [-0.15, -0.1) is 0 Å². The number of hydrogen-bond donors (Lipinski definition) is 2. The van der Waals surface area contributed by atoms with Gasteiger partial charge in [-0.3, -0.25) is 10.4 Å². The van der Waals surface area contributed by atoms with Crippen molar-refractivity contribution in [3.05, 3.63) is 0 Å². The number of nitrogens with zero attached hydrogens (tertiary/aromatic N) is 2. The number of nitrogens with one attached hydrogen (secondary N) is 1. The highest BCUT2D eigenvalue weighted by Gasteiger charge is 2.24. The molecule has 0 saturated carbocycles. The highest BCUT2D eigenvalue weighted by atomic mass is 16.5. The van der Waals surface area contributed by atoms with E-state index in [-0.39, 0.29) is 0 Å². The summed E-state index contributed by atoms with van der Waals surface area (Å²) in [6.45, 7) is 7.04. The van der Waals surface area contributed by atoms with E-state index in [1.165, 1.54) is 12.8 Å². The van der Waals surface area contributed by atoms with Crippen molar-refractivity contribution in [2.75, 3.05) is 26.8 Å². The molecule has 0 aromatic rings. The number of likely N-dealkylation sites (tertiary alicyclic amines) is 1.